The summed E-state index contributed by atoms with van der Waals surface area (Å²) in [5, 5.41) is -0.516. The topological polar surface area (TPSA) is 54.4 Å². The van der Waals surface area contributed by atoms with Gasteiger partial charge in [-0.1, -0.05) is 12.2 Å². The van der Waals surface area contributed by atoms with Gasteiger partial charge in [0.25, 0.3) is 10.1 Å². The van der Waals surface area contributed by atoms with Gasteiger partial charge in [0.2, 0.25) is 0 Å². The largest absolute Gasteiger partial charge is 1.00 e. The molecule has 2 rings (SSSR count). The van der Waals surface area contributed by atoms with Gasteiger partial charge in [-0.25, -0.2) is 0 Å². The first-order valence-electron chi connectivity index (χ1n) is 3.72. The van der Waals surface area contributed by atoms with Gasteiger partial charge in [0.05, 0.1) is 5.25 Å². The molecule has 3 atom stereocenters. The molecule has 3 unspecified atom stereocenters. The molecule has 1 fully saturated rings. The second-order valence-electron chi connectivity index (χ2n) is 3.33. The van der Waals surface area contributed by atoms with E-state index >= 15 is 0 Å². The van der Waals surface area contributed by atoms with E-state index in [-0.39, 0.29) is 36.9 Å². The fraction of sp³-hybridized carbons (Fsp3) is 0.714. The molecule has 0 saturated heterocycles. The van der Waals surface area contributed by atoms with Crippen LogP contribution < -0.4 is 29.6 Å². The molecule has 0 aromatic rings. The fourth-order valence-corrected chi connectivity index (χ4v) is 3.21. The zero-order chi connectivity index (χ0) is 8.06. The Labute approximate surface area is 95.8 Å². The first kappa shape index (κ1) is 10.7. The third-order valence-electron chi connectivity index (χ3n) is 2.60. The van der Waals surface area contributed by atoms with Crippen LogP contribution in [0.25, 0.3) is 0 Å². The van der Waals surface area contributed by atoms with E-state index in [1.54, 1.807) is 0 Å². The molecule has 5 heteroatoms. The van der Waals surface area contributed by atoms with Crippen molar-refractivity contribution in [3.63, 3.8) is 0 Å². The molecule has 0 aromatic carbocycles. The minimum atomic E-state index is -3.78. The molecule has 1 N–H and O–H groups in total. The molecule has 0 amide bonds. The molecule has 2 aliphatic carbocycles. The molecule has 2 aliphatic rings. The van der Waals surface area contributed by atoms with Crippen LogP contribution in [-0.2, 0) is 10.1 Å². The molecule has 64 valence electrons. The maximum Gasteiger partial charge on any atom is 1.00 e. The Morgan fingerprint density at radius 2 is 2.00 bits per heavy atom. The second kappa shape index (κ2) is 3.42. The van der Waals surface area contributed by atoms with E-state index in [1.165, 1.54) is 0 Å². The van der Waals surface area contributed by atoms with E-state index in [9.17, 15) is 8.42 Å². The Balaban J connectivity index is 0.000000720. The second-order valence-corrected chi connectivity index (χ2v) is 4.97. The minimum absolute atomic E-state index is 0. The van der Waals surface area contributed by atoms with Crippen molar-refractivity contribution in [1.29, 1.82) is 0 Å². The summed E-state index contributed by atoms with van der Waals surface area (Å²) in [6, 6.07) is 0. The van der Waals surface area contributed by atoms with Crippen LogP contribution in [0.15, 0.2) is 12.2 Å². The van der Waals surface area contributed by atoms with Crippen LogP contribution in [0.1, 0.15) is 14.3 Å². The molecule has 0 heterocycles. The van der Waals surface area contributed by atoms with Crippen LogP contribution in [0.2, 0.25) is 0 Å². The number of hydrogen-bond donors (Lipinski definition) is 1. The summed E-state index contributed by atoms with van der Waals surface area (Å²) in [4.78, 5) is 0. The van der Waals surface area contributed by atoms with Gasteiger partial charge in [-0.05, 0) is 24.7 Å². The van der Waals surface area contributed by atoms with Gasteiger partial charge in [-0.15, -0.1) is 0 Å². The van der Waals surface area contributed by atoms with E-state index < -0.39 is 15.4 Å². The Hall–Kier alpha value is 0.650. The number of allylic oxidation sites excluding steroid dienone is 2. The molecule has 0 aliphatic heterocycles. The van der Waals surface area contributed by atoms with Gasteiger partial charge in [0.1, 0.15) is 0 Å². The summed E-state index contributed by atoms with van der Waals surface area (Å²) in [6.45, 7) is 0. The first-order chi connectivity index (χ1) is 5.07. The number of fused-ring (bicyclic) bond motifs is 2. The summed E-state index contributed by atoms with van der Waals surface area (Å²) in [7, 11) is -3.78. The van der Waals surface area contributed by atoms with Crippen molar-refractivity contribution in [2.24, 2.45) is 11.8 Å². The number of hydrogen-bond acceptors (Lipinski definition) is 2. The molecule has 3 nitrogen and oxygen atoms in total. The van der Waals surface area contributed by atoms with Crippen molar-refractivity contribution in [3.8, 4) is 0 Å². The van der Waals surface area contributed by atoms with Crippen LogP contribution >= 0.6 is 0 Å². The van der Waals surface area contributed by atoms with Gasteiger partial charge in [-0.2, -0.15) is 8.42 Å². The molecular weight excluding hydrogens is 187 g/mol. The first-order valence-corrected chi connectivity index (χ1v) is 5.22. The summed E-state index contributed by atoms with van der Waals surface area (Å²) in [6.07, 6.45) is 5.48. The fourth-order valence-electron chi connectivity index (χ4n) is 2.07. The van der Waals surface area contributed by atoms with Crippen LogP contribution in [0.4, 0.5) is 0 Å². The average Bonchev–Trinajstić information content (AvgIpc) is 2.42. The van der Waals surface area contributed by atoms with E-state index in [1.807, 2.05) is 12.2 Å². The van der Waals surface area contributed by atoms with Crippen molar-refractivity contribution in [1.82, 2.24) is 0 Å². The van der Waals surface area contributed by atoms with Crippen molar-refractivity contribution >= 4 is 10.1 Å². The smallest absolute Gasteiger partial charge is 1.00 e. The predicted molar refractivity (Wildman–Crippen MR) is 41.8 cm³/mol. The Kier molecular flexibility index (Phi) is 3.06. The van der Waals surface area contributed by atoms with Crippen molar-refractivity contribution < 1.29 is 44.0 Å². The van der Waals surface area contributed by atoms with Crippen LogP contribution in [0.5, 0.6) is 0 Å². The van der Waals surface area contributed by atoms with Crippen molar-refractivity contribution in [2.45, 2.75) is 18.1 Å². The molecule has 12 heavy (non-hydrogen) atoms. The molecule has 2 bridgehead atoms. The standard InChI is InChI=1S/C7H10O3S.Na.H/c8-11(9,10)7-4-5-1-2-6(7)3-5;;/h1-2,5-7H,3-4H2,(H,8,9,10);;/q;+1;-1. The third kappa shape index (κ3) is 1.77. The molecule has 1 saturated carbocycles. The van der Waals surface area contributed by atoms with E-state index in [0.29, 0.717) is 12.3 Å². The number of rotatable bonds is 1. The van der Waals surface area contributed by atoms with Gasteiger partial charge < -0.3 is 1.43 Å². The summed E-state index contributed by atoms with van der Waals surface area (Å²) >= 11 is 0. The molecular formula is C7H11NaO3S. The molecule has 0 radical (unpaired) electrons. The summed E-state index contributed by atoms with van der Waals surface area (Å²) < 4.78 is 30.3. The Bertz CT molecular complexity index is 301. The van der Waals surface area contributed by atoms with Crippen LogP contribution in [0, 0.1) is 11.8 Å². The third-order valence-corrected chi connectivity index (χ3v) is 3.91. The van der Waals surface area contributed by atoms with Crippen molar-refractivity contribution in [3.05, 3.63) is 12.2 Å². The monoisotopic (exact) mass is 198 g/mol. The van der Waals surface area contributed by atoms with Crippen LogP contribution in [-0.4, -0.2) is 18.2 Å². The van der Waals surface area contributed by atoms with Crippen LogP contribution in [0.3, 0.4) is 0 Å². The Morgan fingerprint density at radius 1 is 1.33 bits per heavy atom. The van der Waals surface area contributed by atoms with E-state index in [0.717, 1.165) is 6.42 Å². The summed E-state index contributed by atoms with van der Waals surface area (Å²) in [5.74, 6) is 0.474. The van der Waals surface area contributed by atoms with Gasteiger partial charge in [0.15, 0.2) is 0 Å². The van der Waals surface area contributed by atoms with Gasteiger partial charge in [0, 0.05) is 0 Å². The zero-order valence-corrected chi connectivity index (χ0v) is 9.79. The molecule has 0 aromatic heterocycles. The van der Waals surface area contributed by atoms with Gasteiger partial charge in [-0.3, -0.25) is 4.55 Å². The summed E-state index contributed by atoms with van der Waals surface area (Å²) in [5.41, 5.74) is 0. The normalized spacial score (nSPS) is 38.2. The Morgan fingerprint density at radius 3 is 2.25 bits per heavy atom. The maximum absolute atomic E-state index is 10.7. The average molecular weight is 198 g/mol. The minimum Gasteiger partial charge on any atom is -1.00 e. The van der Waals surface area contributed by atoms with E-state index in [4.69, 9.17) is 4.55 Å². The predicted octanol–water partition coefficient (Wildman–Crippen LogP) is -2.04. The SMILES string of the molecule is O=S(=O)(O)C1CC2C=CC1C2.[H-].[Na+]. The maximum atomic E-state index is 10.7. The van der Waals surface area contributed by atoms with Crippen molar-refractivity contribution in [2.75, 3.05) is 0 Å². The zero-order valence-electron chi connectivity index (χ0n) is 7.97. The van der Waals surface area contributed by atoms with Gasteiger partial charge >= 0.3 is 29.6 Å². The van der Waals surface area contributed by atoms with E-state index in [2.05, 4.69) is 0 Å². The quantitative estimate of drug-likeness (QED) is 0.300. The molecule has 0 spiro atoms.